The minimum absolute atomic E-state index is 0.110. The Morgan fingerprint density at radius 1 is 1.08 bits per heavy atom. The summed E-state index contributed by atoms with van der Waals surface area (Å²) in [4.78, 5) is 38.8. The number of nitrogens with zero attached hydrogens (tertiary/aromatic N) is 1. The number of fused-ring (bicyclic) bond motifs is 1. The molecule has 2 heterocycles. The zero-order valence-corrected chi connectivity index (χ0v) is 20.1. The molecule has 5 rings (SSSR count). The molecule has 1 N–H and O–H groups in total. The lowest BCUT2D eigenvalue weighted by molar-refractivity contribution is -0.128. The molecule has 0 atom stereocenters. The fourth-order valence-corrected chi connectivity index (χ4v) is 5.29. The van der Waals surface area contributed by atoms with Crippen molar-refractivity contribution in [3.63, 3.8) is 0 Å². The van der Waals surface area contributed by atoms with Crippen LogP contribution in [0, 0.1) is 5.82 Å². The van der Waals surface area contributed by atoms with Crippen molar-refractivity contribution in [3.05, 3.63) is 93.1 Å². The first kappa shape index (κ1) is 24.0. The number of para-hydroxylation sites is 1. The summed E-state index contributed by atoms with van der Waals surface area (Å²) in [5.74, 6) is -0.728. The maximum atomic E-state index is 14.0. The lowest BCUT2D eigenvalue weighted by Gasteiger charge is -2.27. The third-order valence-corrected chi connectivity index (χ3v) is 7.24. The average Bonchev–Trinajstić information content (AvgIpc) is 3.29. The molecule has 0 unspecified atom stereocenters. The highest BCUT2D eigenvalue weighted by Crippen LogP contribution is 2.37. The summed E-state index contributed by atoms with van der Waals surface area (Å²) in [6.45, 7) is 1.84. The van der Waals surface area contributed by atoms with E-state index in [1.54, 1.807) is 0 Å². The van der Waals surface area contributed by atoms with Gasteiger partial charge in [0.2, 0.25) is 5.91 Å². The van der Waals surface area contributed by atoms with Gasteiger partial charge in [-0.3, -0.25) is 14.4 Å². The van der Waals surface area contributed by atoms with Crippen molar-refractivity contribution in [2.45, 2.75) is 51.0 Å². The average molecular weight is 489 g/mol. The van der Waals surface area contributed by atoms with Gasteiger partial charge in [0.1, 0.15) is 0 Å². The predicted molar refractivity (Wildman–Crippen MR) is 135 cm³/mol. The van der Waals surface area contributed by atoms with Gasteiger partial charge in [0, 0.05) is 32.1 Å². The number of allylic oxidation sites excluding steroid dienone is 1. The summed E-state index contributed by atoms with van der Waals surface area (Å²) >= 11 is 0. The molecular formula is C29H29FN2O4. The Kier molecular flexibility index (Phi) is 6.98. The van der Waals surface area contributed by atoms with Gasteiger partial charge in [-0.1, -0.05) is 42.0 Å². The molecular weight excluding hydrogens is 459 g/mol. The van der Waals surface area contributed by atoms with Crippen molar-refractivity contribution in [1.29, 1.82) is 0 Å². The first-order valence-corrected chi connectivity index (χ1v) is 12.5. The van der Waals surface area contributed by atoms with Crippen LogP contribution in [0.4, 0.5) is 4.39 Å². The van der Waals surface area contributed by atoms with E-state index in [4.69, 9.17) is 4.42 Å². The van der Waals surface area contributed by atoms with Gasteiger partial charge in [-0.15, -0.1) is 0 Å². The lowest BCUT2D eigenvalue weighted by atomic mass is 9.80. The maximum absolute atomic E-state index is 14.0. The fraction of sp³-hybridized carbons (Fsp3) is 0.345. The SMILES string of the molecule is O=C(NCC=C1CCC(c2ccccc2CN2CCCC2=O)CC1)c1cc(=O)c2cccc(F)c2o1. The number of carbonyl (C=O) groups is 2. The van der Waals surface area contributed by atoms with E-state index in [9.17, 15) is 18.8 Å². The smallest absolute Gasteiger partial charge is 0.287 e. The highest BCUT2D eigenvalue weighted by molar-refractivity contribution is 5.93. The highest BCUT2D eigenvalue weighted by atomic mass is 19.1. The molecule has 0 radical (unpaired) electrons. The van der Waals surface area contributed by atoms with Crippen LogP contribution in [0.2, 0.25) is 0 Å². The third kappa shape index (κ3) is 5.10. The number of likely N-dealkylation sites (tertiary alicyclic amines) is 1. The van der Waals surface area contributed by atoms with Gasteiger partial charge in [-0.05, 0) is 61.3 Å². The van der Waals surface area contributed by atoms with E-state index in [-0.39, 0.29) is 22.6 Å². The molecule has 7 heteroatoms. The number of carbonyl (C=O) groups excluding carboxylic acids is 2. The molecule has 2 fully saturated rings. The first-order valence-electron chi connectivity index (χ1n) is 12.5. The largest absolute Gasteiger partial charge is 0.448 e. The van der Waals surface area contributed by atoms with Crippen LogP contribution in [-0.4, -0.2) is 29.8 Å². The van der Waals surface area contributed by atoms with E-state index in [0.717, 1.165) is 44.7 Å². The summed E-state index contributed by atoms with van der Waals surface area (Å²) < 4.78 is 19.4. The molecule has 1 saturated heterocycles. The van der Waals surface area contributed by atoms with E-state index in [2.05, 4.69) is 23.5 Å². The molecule has 1 aromatic heterocycles. The second-order valence-corrected chi connectivity index (χ2v) is 9.56. The minimum atomic E-state index is -0.674. The number of hydrogen-bond donors (Lipinski definition) is 1. The quantitative estimate of drug-likeness (QED) is 0.492. The Labute approximate surface area is 208 Å². The van der Waals surface area contributed by atoms with Crippen molar-refractivity contribution in [2.75, 3.05) is 13.1 Å². The van der Waals surface area contributed by atoms with E-state index >= 15 is 0 Å². The third-order valence-electron chi connectivity index (χ3n) is 7.24. The number of nitrogens with one attached hydrogen (secondary N) is 1. The van der Waals surface area contributed by atoms with Gasteiger partial charge in [0.15, 0.2) is 22.6 Å². The summed E-state index contributed by atoms with van der Waals surface area (Å²) in [5, 5.41) is 2.86. The van der Waals surface area contributed by atoms with Crippen LogP contribution in [-0.2, 0) is 11.3 Å². The molecule has 1 aliphatic heterocycles. The van der Waals surface area contributed by atoms with E-state index < -0.39 is 17.2 Å². The molecule has 1 aliphatic carbocycles. The normalized spacial score (nSPS) is 18.0. The van der Waals surface area contributed by atoms with Crippen molar-refractivity contribution in [3.8, 4) is 0 Å². The van der Waals surface area contributed by atoms with Gasteiger partial charge >= 0.3 is 0 Å². The molecule has 2 aromatic carbocycles. The standard InChI is InChI=1S/C29H29FN2O4/c30-24-8-3-7-23-25(33)17-26(36-28(23)24)29(35)31-15-14-19-10-12-20(13-11-19)22-6-2-1-5-21(22)18-32-16-4-9-27(32)34/h1-3,5-8,14,17,20H,4,9-13,15-16,18H2,(H,31,35). The summed E-state index contributed by atoms with van der Waals surface area (Å²) in [5.41, 5.74) is 3.20. The van der Waals surface area contributed by atoms with E-state index in [1.807, 2.05) is 17.0 Å². The summed E-state index contributed by atoms with van der Waals surface area (Å²) in [7, 11) is 0. The van der Waals surface area contributed by atoms with Crippen LogP contribution in [0.3, 0.4) is 0 Å². The summed E-state index contributed by atoms with van der Waals surface area (Å²) in [6.07, 6.45) is 7.52. The van der Waals surface area contributed by atoms with Crippen LogP contribution >= 0.6 is 0 Å². The molecule has 1 saturated carbocycles. The maximum Gasteiger partial charge on any atom is 0.287 e. The monoisotopic (exact) mass is 488 g/mol. The van der Waals surface area contributed by atoms with Gasteiger partial charge in [-0.2, -0.15) is 0 Å². The van der Waals surface area contributed by atoms with Crippen LogP contribution in [0.15, 0.2) is 69.4 Å². The zero-order valence-electron chi connectivity index (χ0n) is 20.1. The number of rotatable bonds is 6. The Bertz CT molecular complexity index is 1380. The van der Waals surface area contributed by atoms with Crippen LogP contribution in [0.1, 0.15) is 66.1 Å². The Hall–Kier alpha value is -3.74. The minimum Gasteiger partial charge on any atom is -0.448 e. The number of halogens is 1. The number of hydrogen-bond acceptors (Lipinski definition) is 4. The lowest BCUT2D eigenvalue weighted by Crippen LogP contribution is -2.25. The summed E-state index contributed by atoms with van der Waals surface area (Å²) in [6, 6.07) is 13.6. The Morgan fingerprint density at radius 2 is 1.89 bits per heavy atom. The van der Waals surface area contributed by atoms with E-state index in [0.29, 0.717) is 25.4 Å². The Balaban J connectivity index is 1.18. The van der Waals surface area contributed by atoms with Gasteiger partial charge in [-0.25, -0.2) is 4.39 Å². The predicted octanol–water partition coefficient (Wildman–Crippen LogP) is 5.07. The molecule has 2 aliphatic rings. The topological polar surface area (TPSA) is 79.6 Å². The van der Waals surface area contributed by atoms with Gasteiger partial charge < -0.3 is 14.6 Å². The van der Waals surface area contributed by atoms with Crippen molar-refractivity contribution in [2.24, 2.45) is 0 Å². The number of amides is 2. The molecule has 0 bridgehead atoms. The van der Waals surface area contributed by atoms with Crippen LogP contribution in [0.5, 0.6) is 0 Å². The van der Waals surface area contributed by atoms with Crippen LogP contribution < -0.4 is 10.7 Å². The number of benzene rings is 2. The molecule has 6 nitrogen and oxygen atoms in total. The Morgan fingerprint density at radius 3 is 2.67 bits per heavy atom. The van der Waals surface area contributed by atoms with Crippen molar-refractivity contribution < 1.29 is 18.4 Å². The second kappa shape index (κ2) is 10.5. The zero-order chi connectivity index (χ0) is 25.1. The molecule has 36 heavy (non-hydrogen) atoms. The van der Waals surface area contributed by atoms with E-state index in [1.165, 1.54) is 34.9 Å². The molecule has 0 spiro atoms. The second-order valence-electron chi connectivity index (χ2n) is 9.56. The van der Waals surface area contributed by atoms with Gasteiger partial charge in [0.25, 0.3) is 5.91 Å². The molecule has 3 aromatic rings. The van der Waals surface area contributed by atoms with Crippen molar-refractivity contribution >= 4 is 22.8 Å². The van der Waals surface area contributed by atoms with Gasteiger partial charge in [0.05, 0.1) is 5.39 Å². The fourth-order valence-electron chi connectivity index (χ4n) is 5.29. The molecule has 186 valence electrons. The van der Waals surface area contributed by atoms with Crippen molar-refractivity contribution in [1.82, 2.24) is 10.2 Å². The van der Waals surface area contributed by atoms with Crippen LogP contribution in [0.25, 0.3) is 11.0 Å². The first-order chi connectivity index (χ1) is 17.5. The molecule has 2 amide bonds. The highest BCUT2D eigenvalue weighted by Gasteiger charge is 2.24.